The fourth-order valence-corrected chi connectivity index (χ4v) is 2.68. The lowest BCUT2D eigenvalue weighted by atomic mass is 10.1. The largest absolute Gasteiger partial charge is 0.369 e. The number of hydrogen-bond donors (Lipinski definition) is 1. The summed E-state index contributed by atoms with van der Waals surface area (Å²) in [6, 6.07) is 12.8. The minimum absolute atomic E-state index is 0.177. The Labute approximate surface area is 121 Å². The number of nitrogens with two attached hydrogens (primary N) is 1. The van der Waals surface area contributed by atoms with E-state index < -0.39 is 0 Å². The lowest BCUT2D eigenvalue weighted by molar-refractivity contribution is 0.608. The van der Waals surface area contributed by atoms with Gasteiger partial charge in [0.1, 0.15) is 5.82 Å². The van der Waals surface area contributed by atoms with Crippen molar-refractivity contribution in [1.29, 1.82) is 0 Å². The SMILES string of the molecule is CN(Cc1ccccc1F)c1ccc(CN)cc1Br. The summed E-state index contributed by atoms with van der Waals surface area (Å²) in [7, 11) is 1.94. The van der Waals surface area contributed by atoms with Gasteiger partial charge in [-0.2, -0.15) is 0 Å². The minimum atomic E-state index is -0.177. The summed E-state index contributed by atoms with van der Waals surface area (Å²) in [6.45, 7) is 1.03. The molecule has 2 N–H and O–H groups in total. The quantitative estimate of drug-likeness (QED) is 0.930. The third-order valence-corrected chi connectivity index (χ3v) is 3.66. The van der Waals surface area contributed by atoms with E-state index in [9.17, 15) is 4.39 Å². The molecule has 19 heavy (non-hydrogen) atoms. The Kier molecular flexibility index (Phi) is 4.56. The topological polar surface area (TPSA) is 29.3 Å². The van der Waals surface area contributed by atoms with Crippen LogP contribution in [0.4, 0.5) is 10.1 Å². The average molecular weight is 323 g/mol. The Morgan fingerprint density at radius 1 is 1.21 bits per heavy atom. The van der Waals surface area contributed by atoms with Crippen LogP contribution in [0.3, 0.4) is 0 Å². The molecule has 100 valence electrons. The molecule has 0 aromatic heterocycles. The molecule has 0 bridgehead atoms. The summed E-state index contributed by atoms with van der Waals surface area (Å²) in [6.07, 6.45) is 0. The monoisotopic (exact) mass is 322 g/mol. The molecule has 0 unspecified atom stereocenters. The van der Waals surface area contributed by atoms with Crippen LogP contribution in [0, 0.1) is 5.82 Å². The fraction of sp³-hybridized carbons (Fsp3) is 0.200. The van der Waals surface area contributed by atoms with Crippen LogP contribution in [-0.4, -0.2) is 7.05 Å². The highest BCUT2D eigenvalue weighted by Crippen LogP contribution is 2.27. The maximum absolute atomic E-state index is 13.6. The number of nitrogens with zero attached hydrogens (tertiary/aromatic N) is 1. The third kappa shape index (κ3) is 3.33. The molecule has 0 amide bonds. The lowest BCUT2D eigenvalue weighted by Crippen LogP contribution is -2.17. The molecule has 0 atom stereocenters. The van der Waals surface area contributed by atoms with E-state index in [-0.39, 0.29) is 5.82 Å². The highest BCUT2D eigenvalue weighted by molar-refractivity contribution is 9.10. The van der Waals surface area contributed by atoms with Crippen LogP contribution in [0.1, 0.15) is 11.1 Å². The molecule has 0 saturated carbocycles. The van der Waals surface area contributed by atoms with E-state index in [1.165, 1.54) is 6.07 Å². The van der Waals surface area contributed by atoms with Crippen molar-refractivity contribution in [3.8, 4) is 0 Å². The molecule has 0 aliphatic carbocycles. The summed E-state index contributed by atoms with van der Waals surface area (Å²) in [5.74, 6) is -0.177. The second kappa shape index (κ2) is 6.17. The lowest BCUT2D eigenvalue weighted by Gasteiger charge is -2.21. The van der Waals surface area contributed by atoms with E-state index in [0.717, 1.165) is 15.7 Å². The van der Waals surface area contributed by atoms with Gasteiger partial charge in [-0.05, 0) is 39.7 Å². The zero-order chi connectivity index (χ0) is 13.8. The molecule has 0 heterocycles. The van der Waals surface area contributed by atoms with Crippen molar-refractivity contribution in [2.45, 2.75) is 13.1 Å². The number of anilines is 1. The van der Waals surface area contributed by atoms with Crippen molar-refractivity contribution in [2.24, 2.45) is 5.73 Å². The van der Waals surface area contributed by atoms with Crippen LogP contribution in [-0.2, 0) is 13.1 Å². The summed E-state index contributed by atoms with van der Waals surface area (Å²) < 4.78 is 14.6. The predicted molar refractivity (Wildman–Crippen MR) is 80.5 cm³/mol. The molecule has 0 saturated heterocycles. The standard InChI is InChI=1S/C15H16BrFN2/c1-19(10-12-4-2-3-5-14(12)17)15-7-6-11(9-18)8-13(15)16/h2-8H,9-10,18H2,1H3. The van der Waals surface area contributed by atoms with E-state index in [0.29, 0.717) is 18.7 Å². The molecule has 2 nitrogen and oxygen atoms in total. The van der Waals surface area contributed by atoms with Crippen LogP contribution < -0.4 is 10.6 Å². The Morgan fingerprint density at radius 3 is 2.58 bits per heavy atom. The van der Waals surface area contributed by atoms with Crippen molar-refractivity contribution in [3.63, 3.8) is 0 Å². The van der Waals surface area contributed by atoms with Gasteiger partial charge < -0.3 is 10.6 Å². The summed E-state index contributed by atoms with van der Waals surface area (Å²) in [5.41, 5.74) is 8.36. The van der Waals surface area contributed by atoms with Crippen molar-refractivity contribution in [1.82, 2.24) is 0 Å². The van der Waals surface area contributed by atoms with Gasteiger partial charge >= 0.3 is 0 Å². The van der Waals surface area contributed by atoms with Crippen molar-refractivity contribution < 1.29 is 4.39 Å². The first-order chi connectivity index (χ1) is 9.11. The normalized spacial score (nSPS) is 10.5. The molecule has 0 spiro atoms. The van der Waals surface area contributed by atoms with Crippen molar-refractivity contribution >= 4 is 21.6 Å². The van der Waals surface area contributed by atoms with Gasteiger partial charge in [0.05, 0.1) is 5.69 Å². The van der Waals surface area contributed by atoms with Crippen LogP contribution in [0.15, 0.2) is 46.9 Å². The highest BCUT2D eigenvalue weighted by Gasteiger charge is 2.09. The first-order valence-electron chi connectivity index (χ1n) is 6.05. The number of halogens is 2. The van der Waals surface area contributed by atoms with Gasteiger partial charge in [-0.3, -0.25) is 0 Å². The van der Waals surface area contributed by atoms with Crippen LogP contribution in [0.2, 0.25) is 0 Å². The predicted octanol–water partition coefficient (Wildman–Crippen LogP) is 3.68. The van der Waals surface area contributed by atoms with Gasteiger partial charge in [-0.15, -0.1) is 0 Å². The zero-order valence-corrected chi connectivity index (χ0v) is 12.3. The average Bonchev–Trinajstić information content (AvgIpc) is 2.41. The van der Waals surface area contributed by atoms with Gasteiger partial charge in [0.25, 0.3) is 0 Å². The molecule has 2 aromatic rings. The first kappa shape index (κ1) is 14.0. The van der Waals surface area contributed by atoms with Crippen LogP contribution >= 0.6 is 15.9 Å². The number of benzene rings is 2. The molecule has 4 heteroatoms. The van der Waals surface area contributed by atoms with Gasteiger partial charge in [0.15, 0.2) is 0 Å². The van der Waals surface area contributed by atoms with E-state index in [1.54, 1.807) is 12.1 Å². The van der Waals surface area contributed by atoms with E-state index in [4.69, 9.17) is 5.73 Å². The number of rotatable bonds is 4. The van der Waals surface area contributed by atoms with Gasteiger partial charge in [-0.1, -0.05) is 24.3 Å². The maximum atomic E-state index is 13.6. The Balaban J connectivity index is 2.21. The summed E-state index contributed by atoms with van der Waals surface area (Å²) in [4.78, 5) is 2.00. The fourth-order valence-electron chi connectivity index (χ4n) is 1.95. The Bertz CT molecular complexity index is 572. The second-order valence-corrected chi connectivity index (χ2v) is 5.29. The summed E-state index contributed by atoms with van der Waals surface area (Å²) >= 11 is 3.53. The van der Waals surface area contributed by atoms with Gasteiger partial charge in [0, 0.05) is 30.2 Å². The minimum Gasteiger partial charge on any atom is -0.369 e. The molecule has 0 fully saturated rings. The smallest absolute Gasteiger partial charge is 0.128 e. The number of hydrogen-bond acceptors (Lipinski definition) is 2. The Hall–Kier alpha value is -1.39. The summed E-state index contributed by atoms with van der Waals surface area (Å²) in [5, 5.41) is 0. The highest BCUT2D eigenvalue weighted by atomic mass is 79.9. The zero-order valence-electron chi connectivity index (χ0n) is 10.7. The molecule has 0 radical (unpaired) electrons. The van der Waals surface area contributed by atoms with Crippen LogP contribution in [0.5, 0.6) is 0 Å². The molecular formula is C15H16BrFN2. The van der Waals surface area contributed by atoms with Crippen molar-refractivity contribution in [3.05, 3.63) is 63.9 Å². The third-order valence-electron chi connectivity index (χ3n) is 3.02. The van der Waals surface area contributed by atoms with Crippen molar-refractivity contribution in [2.75, 3.05) is 11.9 Å². The van der Waals surface area contributed by atoms with E-state index in [1.807, 2.05) is 36.2 Å². The maximum Gasteiger partial charge on any atom is 0.128 e. The molecule has 0 aliphatic heterocycles. The van der Waals surface area contributed by atoms with Gasteiger partial charge in [0.2, 0.25) is 0 Å². The first-order valence-corrected chi connectivity index (χ1v) is 6.84. The molecule has 2 rings (SSSR count). The Morgan fingerprint density at radius 2 is 1.95 bits per heavy atom. The second-order valence-electron chi connectivity index (χ2n) is 4.44. The van der Waals surface area contributed by atoms with Gasteiger partial charge in [-0.25, -0.2) is 4.39 Å². The molecular weight excluding hydrogens is 307 g/mol. The van der Waals surface area contributed by atoms with E-state index in [2.05, 4.69) is 15.9 Å². The van der Waals surface area contributed by atoms with Crippen LogP contribution in [0.25, 0.3) is 0 Å². The van der Waals surface area contributed by atoms with E-state index >= 15 is 0 Å². The molecule has 2 aromatic carbocycles. The molecule has 0 aliphatic rings.